The lowest BCUT2D eigenvalue weighted by molar-refractivity contribution is -0.128. The quantitative estimate of drug-likeness (QED) is 0.640. The van der Waals surface area contributed by atoms with Crippen LogP contribution in [0.4, 0.5) is 5.69 Å². The van der Waals surface area contributed by atoms with Crippen molar-refractivity contribution in [3.63, 3.8) is 0 Å². The van der Waals surface area contributed by atoms with Crippen molar-refractivity contribution < 1.29 is 27.2 Å². The smallest absolute Gasteiger partial charge is 0.294 e. The highest BCUT2D eigenvalue weighted by Gasteiger charge is 2.37. The second-order valence-electron chi connectivity index (χ2n) is 8.60. The van der Waals surface area contributed by atoms with Crippen molar-refractivity contribution in [1.29, 1.82) is 0 Å². The Balaban J connectivity index is 1.58. The predicted molar refractivity (Wildman–Crippen MR) is 126 cm³/mol. The van der Waals surface area contributed by atoms with Crippen molar-refractivity contribution in [2.24, 2.45) is 0 Å². The molecular weight excluding hydrogens is 458 g/mol. The highest BCUT2D eigenvalue weighted by atomic mass is 32.2. The van der Waals surface area contributed by atoms with Crippen LogP contribution in [0.25, 0.3) is 0 Å². The summed E-state index contributed by atoms with van der Waals surface area (Å²) in [6.07, 6.45) is 3.28. The topological polar surface area (TPSA) is 109 Å². The van der Waals surface area contributed by atoms with Crippen LogP contribution in [0, 0.1) is 0 Å². The number of hydrogen-bond acceptors (Lipinski definition) is 6. The predicted octanol–water partition coefficient (Wildman–Crippen LogP) is 3.17. The molecule has 3 heterocycles. The van der Waals surface area contributed by atoms with E-state index in [0.717, 1.165) is 32.1 Å². The van der Waals surface area contributed by atoms with Crippen molar-refractivity contribution >= 4 is 27.5 Å². The van der Waals surface area contributed by atoms with Gasteiger partial charge >= 0.3 is 0 Å². The number of hydrogen-bond donors (Lipinski definition) is 1. The maximum absolute atomic E-state index is 13.4. The van der Waals surface area contributed by atoms with Gasteiger partial charge < -0.3 is 14.5 Å². The standard InChI is InChI=1S/C24H31N3O6S/c1-3-17(4-2)25-23(28)21-16-27(18-10-6-7-11-19(18)32-21)24(29)20-12-13-22(33-20)34(30,31)26-14-8-5-9-15-26/h6-7,10-13,17,21H,3-5,8-9,14-16H2,1-2H3,(H,25,28). The molecule has 9 nitrogen and oxygen atoms in total. The summed E-state index contributed by atoms with van der Waals surface area (Å²) in [7, 11) is -3.80. The molecule has 2 aliphatic rings. The second-order valence-corrected chi connectivity index (χ2v) is 10.5. The summed E-state index contributed by atoms with van der Waals surface area (Å²) in [5, 5.41) is 2.72. The average Bonchev–Trinajstić information content (AvgIpc) is 3.38. The largest absolute Gasteiger partial charge is 0.477 e. The van der Waals surface area contributed by atoms with E-state index in [-0.39, 0.29) is 29.3 Å². The fourth-order valence-corrected chi connectivity index (χ4v) is 5.72. The van der Waals surface area contributed by atoms with Crippen LogP contribution in [0.15, 0.2) is 45.9 Å². The Kier molecular flexibility index (Phi) is 7.27. The molecule has 1 atom stereocenters. The maximum atomic E-state index is 13.4. The van der Waals surface area contributed by atoms with E-state index in [1.165, 1.54) is 21.3 Å². The number of piperidine rings is 1. The number of carbonyl (C=O) groups is 2. The molecule has 0 saturated carbocycles. The first-order valence-electron chi connectivity index (χ1n) is 11.8. The monoisotopic (exact) mass is 489 g/mol. The third-order valence-electron chi connectivity index (χ3n) is 6.34. The molecule has 1 saturated heterocycles. The number of nitrogens with one attached hydrogen (secondary N) is 1. The van der Waals surface area contributed by atoms with Gasteiger partial charge in [-0.1, -0.05) is 32.4 Å². The van der Waals surface area contributed by atoms with Crippen LogP contribution in [-0.4, -0.2) is 56.3 Å². The Morgan fingerprint density at radius 3 is 2.47 bits per heavy atom. The Morgan fingerprint density at radius 2 is 1.76 bits per heavy atom. The normalized spacial score (nSPS) is 18.9. The summed E-state index contributed by atoms with van der Waals surface area (Å²) in [4.78, 5) is 27.7. The molecule has 0 radical (unpaired) electrons. The summed E-state index contributed by atoms with van der Waals surface area (Å²) in [5.41, 5.74) is 0.496. The van der Waals surface area contributed by atoms with E-state index in [2.05, 4.69) is 5.32 Å². The van der Waals surface area contributed by atoms with Crippen LogP contribution in [0.2, 0.25) is 0 Å². The van der Waals surface area contributed by atoms with E-state index in [9.17, 15) is 18.0 Å². The summed E-state index contributed by atoms with van der Waals surface area (Å²) in [5.74, 6) is -0.532. The summed E-state index contributed by atoms with van der Waals surface area (Å²) < 4.78 is 38.7. The molecule has 1 N–H and O–H groups in total. The van der Waals surface area contributed by atoms with Gasteiger partial charge in [-0.2, -0.15) is 4.31 Å². The number of anilines is 1. The minimum atomic E-state index is -3.80. The number of benzene rings is 1. The number of amides is 2. The third kappa shape index (κ3) is 4.83. The molecule has 1 aromatic heterocycles. The molecule has 4 rings (SSSR count). The SMILES string of the molecule is CCC(CC)NC(=O)C1CN(C(=O)c2ccc(S(=O)(=O)N3CCCCC3)o2)c2ccccc2O1. The van der Waals surface area contributed by atoms with Crippen LogP contribution in [-0.2, 0) is 14.8 Å². The fraction of sp³-hybridized carbons (Fsp3) is 0.500. The van der Waals surface area contributed by atoms with Gasteiger partial charge in [0, 0.05) is 19.1 Å². The lowest BCUT2D eigenvalue weighted by atomic mass is 10.1. The Labute approximate surface area is 200 Å². The van der Waals surface area contributed by atoms with Gasteiger partial charge in [0.2, 0.25) is 5.09 Å². The Morgan fingerprint density at radius 1 is 1.06 bits per heavy atom. The van der Waals surface area contributed by atoms with Crippen LogP contribution in [0.3, 0.4) is 0 Å². The summed E-state index contributed by atoms with van der Waals surface area (Å²) >= 11 is 0. The van der Waals surface area contributed by atoms with E-state index in [1.807, 2.05) is 13.8 Å². The van der Waals surface area contributed by atoms with Gasteiger partial charge in [0.25, 0.3) is 21.8 Å². The molecule has 184 valence electrons. The van der Waals surface area contributed by atoms with E-state index in [4.69, 9.17) is 9.15 Å². The minimum Gasteiger partial charge on any atom is -0.477 e. The van der Waals surface area contributed by atoms with E-state index in [0.29, 0.717) is 24.5 Å². The van der Waals surface area contributed by atoms with Crippen molar-refractivity contribution in [2.45, 2.75) is 63.2 Å². The Bertz CT molecular complexity index is 1140. The lowest BCUT2D eigenvalue weighted by Gasteiger charge is -2.34. The zero-order chi connectivity index (χ0) is 24.3. The first kappa shape index (κ1) is 24.3. The van der Waals surface area contributed by atoms with Crippen molar-refractivity contribution in [3.8, 4) is 5.75 Å². The third-order valence-corrected chi connectivity index (χ3v) is 8.12. The molecule has 0 bridgehead atoms. The van der Waals surface area contributed by atoms with E-state index >= 15 is 0 Å². The number of rotatable bonds is 7. The number of fused-ring (bicyclic) bond motifs is 1. The van der Waals surface area contributed by atoms with Crippen molar-refractivity contribution in [3.05, 3.63) is 42.2 Å². The van der Waals surface area contributed by atoms with E-state index in [1.54, 1.807) is 24.3 Å². The maximum Gasteiger partial charge on any atom is 0.294 e. The molecule has 2 aromatic rings. The first-order chi connectivity index (χ1) is 16.3. The number of para-hydroxylation sites is 2. The lowest BCUT2D eigenvalue weighted by Crippen LogP contribution is -2.52. The first-order valence-corrected chi connectivity index (χ1v) is 13.3. The number of furan rings is 1. The fourth-order valence-electron chi connectivity index (χ4n) is 4.29. The number of ether oxygens (including phenoxy) is 1. The van der Waals surface area contributed by atoms with Crippen LogP contribution < -0.4 is 15.0 Å². The summed E-state index contributed by atoms with van der Waals surface area (Å²) in [6.45, 7) is 4.85. The van der Waals surface area contributed by atoms with Gasteiger partial charge in [-0.25, -0.2) is 8.42 Å². The van der Waals surface area contributed by atoms with Gasteiger partial charge in [-0.3, -0.25) is 14.5 Å². The highest BCUT2D eigenvalue weighted by Crippen LogP contribution is 2.35. The molecule has 1 fully saturated rings. The zero-order valence-electron chi connectivity index (χ0n) is 19.5. The number of nitrogens with zero attached hydrogens (tertiary/aromatic N) is 2. The number of carbonyl (C=O) groups excluding carboxylic acids is 2. The van der Waals surface area contributed by atoms with Gasteiger partial charge in [0.15, 0.2) is 11.9 Å². The molecule has 1 unspecified atom stereocenters. The van der Waals surface area contributed by atoms with Crippen LogP contribution in [0.5, 0.6) is 5.75 Å². The second kappa shape index (κ2) is 10.2. The van der Waals surface area contributed by atoms with Gasteiger partial charge in [-0.05, 0) is 49.9 Å². The summed E-state index contributed by atoms with van der Waals surface area (Å²) in [6, 6.07) is 9.65. The molecule has 2 amide bonds. The van der Waals surface area contributed by atoms with Gasteiger partial charge in [-0.15, -0.1) is 0 Å². The Hall–Kier alpha value is -2.85. The molecular formula is C24H31N3O6S. The van der Waals surface area contributed by atoms with Gasteiger partial charge in [0.05, 0.1) is 12.2 Å². The van der Waals surface area contributed by atoms with Gasteiger partial charge in [0.1, 0.15) is 5.75 Å². The zero-order valence-corrected chi connectivity index (χ0v) is 20.3. The van der Waals surface area contributed by atoms with Crippen LogP contribution in [0.1, 0.15) is 56.5 Å². The van der Waals surface area contributed by atoms with Crippen molar-refractivity contribution in [1.82, 2.24) is 9.62 Å². The molecule has 10 heteroatoms. The van der Waals surface area contributed by atoms with E-state index < -0.39 is 22.0 Å². The molecule has 0 aliphatic carbocycles. The highest BCUT2D eigenvalue weighted by molar-refractivity contribution is 7.89. The molecule has 0 spiro atoms. The average molecular weight is 490 g/mol. The number of sulfonamides is 1. The molecule has 34 heavy (non-hydrogen) atoms. The van der Waals surface area contributed by atoms with Crippen molar-refractivity contribution in [2.75, 3.05) is 24.5 Å². The molecule has 2 aliphatic heterocycles. The van der Waals surface area contributed by atoms with Crippen LogP contribution >= 0.6 is 0 Å². The minimum absolute atomic E-state index is 0.0171. The molecule has 1 aromatic carbocycles.